The molecular formula is C25H34N2O. The average Bonchev–Trinajstić information content (AvgIpc) is 3.03. The predicted octanol–water partition coefficient (Wildman–Crippen LogP) is 5.02. The van der Waals surface area contributed by atoms with E-state index in [1.165, 1.54) is 62.7 Å². The molecule has 2 aromatic carbocycles. The van der Waals surface area contributed by atoms with Gasteiger partial charge in [0.25, 0.3) is 0 Å². The van der Waals surface area contributed by atoms with Crippen LogP contribution in [0.15, 0.2) is 54.6 Å². The highest BCUT2D eigenvalue weighted by Gasteiger charge is 2.28. The molecule has 2 aliphatic rings. The monoisotopic (exact) mass is 378 g/mol. The maximum Gasteiger partial charge on any atom is 0.115 e. The topological polar surface area (TPSA) is 26.7 Å². The van der Waals surface area contributed by atoms with Gasteiger partial charge in [0.15, 0.2) is 0 Å². The van der Waals surface area contributed by atoms with Crippen LogP contribution in [0.1, 0.15) is 55.7 Å². The minimum Gasteiger partial charge on any atom is -0.508 e. The van der Waals surface area contributed by atoms with Gasteiger partial charge in [-0.15, -0.1) is 0 Å². The van der Waals surface area contributed by atoms with Gasteiger partial charge in [-0.1, -0.05) is 68.1 Å². The number of hydrogen-bond acceptors (Lipinski definition) is 3. The molecule has 1 unspecified atom stereocenters. The molecular weight excluding hydrogens is 344 g/mol. The van der Waals surface area contributed by atoms with Crippen LogP contribution in [0, 0.1) is 0 Å². The van der Waals surface area contributed by atoms with Gasteiger partial charge in [-0.05, 0) is 42.5 Å². The lowest BCUT2D eigenvalue weighted by molar-refractivity contribution is 0.0632. The van der Waals surface area contributed by atoms with Gasteiger partial charge in [-0.25, -0.2) is 0 Å². The van der Waals surface area contributed by atoms with Gasteiger partial charge in [-0.3, -0.25) is 9.80 Å². The average molecular weight is 379 g/mol. The molecule has 0 bridgehead atoms. The van der Waals surface area contributed by atoms with Crippen molar-refractivity contribution in [2.45, 2.75) is 57.0 Å². The van der Waals surface area contributed by atoms with E-state index in [0.717, 1.165) is 25.6 Å². The van der Waals surface area contributed by atoms with Crippen molar-refractivity contribution in [1.29, 1.82) is 0 Å². The van der Waals surface area contributed by atoms with Gasteiger partial charge >= 0.3 is 0 Å². The zero-order chi connectivity index (χ0) is 19.2. The third-order valence-corrected chi connectivity index (χ3v) is 6.65. The highest BCUT2D eigenvalue weighted by atomic mass is 16.3. The number of piperazine rings is 1. The lowest BCUT2D eigenvalue weighted by Crippen LogP contribution is -2.51. The molecule has 1 aliphatic heterocycles. The second kappa shape index (κ2) is 9.58. The molecule has 0 spiro atoms. The minimum absolute atomic E-state index is 0.363. The summed E-state index contributed by atoms with van der Waals surface area (Å²) in [6.07, 6.45) is 9.41. The zero-order valence-corrected chi connectivity index (χ0v) is 17.0. The van der Waals surface area contributed by atoms with Crippen molar-refractivity contribution < 1.29 is 5.11 Å². The van der Waals surface area contributed by atoms with Crippen molar-refractivity contribution >= 4 is 0 Å². The van der Waals surface area contributed by atoms with E-state index in [2.05, 4.69) is 46.2 Å². The number of rotatable bonds is 5. The minimum atomic E-state index is 0.363. The van der Waals surface area contributed by atoms with Crippen LogP contribution in [0.2, 0.25) is 0 Å². The summed E-state index contributed by atoms with van der Waals surface area (Å²) in [6.45, 7) is 4.64. The summed E-state index contributed by atoms with van der Waals surface area (Å²) in [4.78, 5) is 5.42. The molecule has 3 heteroatoms. The molecule has 2 fully saturated rings. The van der Waals surface area contributed by atoms with Crippen LogP contribution in [0.5, 0.6) is 5.75 Å². The second-order valence-electron chi connectivity index (χ2n) is 8.52. The van der Waals surface area contributed by atoms with Crippen LogP contribution < -0.4 is 0 Å². The van der Waals surface area contributed by atoms with Crippen LogP contribution >= 0.6 is 0 Å². The van der Waals surface area contributed by atoms with Gasteiger partial charge in [0.1, 0.15) is 5.75 Å². The Morgan fingerprint density at radius 3 is 2.21 bits per heavy atom. The predicted molar refractivity (Wildman–Crippen MR) is 116 cm³/mol. The SMILES string of the molecule is Oc1cccc(CC(c2ccccc2)N2CCN(C3CCCCCC3)CC2)c1. The fraction of sp³-hybridized carbons (Fsp3) is 0.520. The summed E-state index contributed by atoms with van der Waals surface area (Å²) in [6, 6.07) is 19.8. The molecule has 0 aromatic heterocycles. The Kier molecular flexibility index (Phi) is 6.66. The van der Waals surface area contributed by atoms with Crippen LogP contribution in [0.3, 0.4) is 0 Å². The third kappa shape index (κ3) is 4.95. The van der Waals surface area contributed by atoms with E-state index >= 15 is 0 Å². The Hall–Kier alpha value is -1.84. The number of phenolic OH excluding ortho intramolecular Hbond substituents is 1. The molecule has 1 N–H and O–H groups in total. The first-order valence-electron chi connectivity index (χ1n) is 11.1. The quantitative estimate of drug-likeness (QED) is 0.740. The standard InChI is InChI=1S/C25H34N2O/c28-24-14-8-9-21(19-24)20-25(22-10-4-3-5-11-22)27-17-15-26(16-18-27)23-12-6-1-2-7-13-23/h3-5,8-11,14,19,23,25,28H,1-2,6-7,12-13,15-18,20H2. The van der Waals surface area contributed by atoms with Gasteiger partial charge in [-0.2, -0.15) is 0 Å². The molecule has 0 radical (unpaired) electrons. The van der Waals surface area contributed by atoms with E-state index in [1.54, 1.807) is 6.07 Å². The molecule has 4 rings (SSSR count). The van der Waals surface area contributed by atoms with Crippen LogP contribution in [0.4, 0.5) is 0 Å². The van der Waals surface area contributed by atoms with E-state index in [4.69, 9.17) is 0 Å². The number of aromatic hydroxyl groups is 1. The number of phenols is 1. The summed E-state index contributed by atoms with van der Waals surface area (Å²) >= 11 is 0. The first kappa shape index (κ1) is 19.5. The Balaban J connectivity index is 1.45. The van der Waals surface area contributed by atoms with E-state index in [-0.39, 0.29) is 0 Å². The maximum atomic E-state index is 9.89. The zero-order valence-electron chi connectivity index (χ0n) is 17.0. The molecule has 1 atom stereocenters. The van der Waals surface area contributed by atoms with Crippen LogP contribution in [-0.2, 0) is 6.42 Å². The summed E-state index contributed by atoms with van der Waals surface area (Å²) < 4.78 is 0. The van der Waals surface area contributed by atoms with E-state index in [1.807, 2.05) is 12.1 Å². The molecule has 3 nitrogen and oxygen atoms in total. The molecule has 0 amide bonds. The molecule has 2 aromatic rings. The van der Waals surface area contributed by atoms with Crippen LogP contribution in [-0.4, -0.2) is 47.1 Å². The van der Waals surface area contributed by atoms with E-state index in [9.17, 15) is 5.11 Å². The van der Waals surface area contributed by atoms with Gasteiger partial charge in [0, 0.05) is 38.3 Å². The summed E-state index contributed by atoms with van der Waals surface area (Å²) in [5, 5.41) is 9.89. The Morgan fingerprint density at radius 2 is 1.54 bits per heavy atom. The molecule has 28 heavy (non-hydrogen) atoms. The normalized spacial score (nSPS) is 21.3. The molecule has 1 saturated heterocycles. The third-order valence-electron chi connectivity index (χ3n) is 6.65. The van der Waals surface area contributed by atoms with Gasteiger partial charge in [0.2, 0.25) is 0 Å². The Bertz CT molecular complexity index is 716. The van der Waals surface area contributed by atoms with E-state index < -0.39 is 0 Å². The molecule has 150 valence electrons. The smallest absolute Gasteiger partial charge is 0.115 e. The fourth-order valence-corrected chi connectivity index (χ4v) is 5.08. The van der Waals surface area contributed by atoms with Crippen molar-refractivity contribution in [3.8, 4) is 5.75 Å². The number of benzene rings is 2. The lowest BCUT2D eigenvalue weighted by atomic mass is 9.96. The van der Waals surface area contributed by atoms with Crippen molar-refractivity contribution in [2.24, 2.45) is 0 Å². The van der Waals surface area contributed by atoms with Gasteiger partial charge in [0.05, 0.1) is 0 Å². The second-order valence-corrected chi connectivity index (χ2v) is 8.52. The summed E-state index contributed by atoms with van der Waals surface area (Å²) in [7, 11) is 0. The highest BCUT2D eigenvalue weighted by molar-refractivity contribution is 5.30. The van der Waals surface area contributed by atoms with Gasteiger partial charge < -0.3 is 5.11 Å². The fourth-order valence-electron chi connectivity index (χ4n) is 5.08. The first-order valence-corrected chi connectivity index (χ1v) is 11.1. The van der Waals surface area contributed by atoms with E-state index in [0.29, 0.717) is 11.8 Å². The number of nitrogens with zero attached hydrogens (tertiary/aromatic N) is 2. The van der Waals surface area contributed by atoms with Crippen molar-refractivity contribution in [3.05, 3.63) is 65.7 Å². The first-order chi connectivity index (χ1) is 13.8. The summed E-state index contributed by atoms with van der Waals surface area (Å²) in [5.74, 6) is 0.363. The van der Waals surface area contributed by atoms with Crippen molar-refractivity contribution in [1.82, 2.24) is 9.80 Å². The van der Waals surface area contributed by atoms with Crippen LogP contribution in [0.25, 0.3) is 0 Å². The molecule has 1 saturated carbocycles. The Morgan fingerprint density at radius 1 is 0.821 bits per heavy atom. The van der Waals surface area contributed by atoms with Crippen molar-refractivity contribution in [2.75, 3.05) is 26.2 Å². The number of hydrogen-bond donors (Lipinski definition) is 1. The highest BCUT2D eigenvalue weighted by Crippen LogP contribution is 2.29. The summed E-state index contributed by atoms with van der Waals surface area (Å²) in [5.41, 5.74) is 2.59. The molecule has 1 aliphatic carbocycles. The Labute approximate surface area is 170 Å². The van der Waals surface area contributed by atoms with Crippen molar-refractivity contribution in [3.63, 3.8) is 0 Å². The lowest BCUT2D eigenvalue weighted by Gasteiger charge is -2.42. The largest absolute Gasteiger partial charge is 0.508 e. The maximum absolute atomic E-state index is 9.89. The molecule has 1 heterocycles.